The smallest absolute Gasteiger partial charge is 0.371 e. The molecule has 1 unspecified atom stereocenters. The summed E-state index contributed by atoms with van der Waals surface area (Å²) in [7, 11) is 0. The van der Waals surface area contributed by atoms with Gasteiger partial charge in [-0.15, -0.1) is 0 Å². The first-order valence-corrected chi connectivity index (χ1v) is 5.93. The van der Waals surface area contributed by atoms with E-state index >= 15 is 0 Å². The maximum absolute atomic E-state index is 12.8. The Morgan fingerprint density at radius 3 is 2.00 bits per heavy atom. The van der Waals surface area contributed by atoms with E-state index in [0.29, 0.717) is 11.8 Å². The van der Waals surface area contributed by atoms with E-state index in [1.54, 1.807) is 30.3 Å². The molecule has 3 nitrogen and oxygen atoms in total. The van der Waals surface area contributed by atoms with Gasteiger partial charge in [-0.05, 0) is 12.1 Å². The molecule has 0 aliphatic heterocycles. The average molecular weight is 270 g/mol. The first-order valence-electron chi connectivity index (χ1n) is 4.93. The summed E-state index contributed by atoms with van der Waals surface area (Å²) in [6, 6.07) is 10.8. The number of halogens is 2. The zero-order valence-electron chi connectivity index (χ0n) is 9.01. The summed E-state index contributed by atoms with van der Waals surface area (Å²) >= 11 is -2.17. The normalized spacial score (nSPS) is 11.9. The molecule has 2 aromatic rings. The topological polar surface area (TPSA) is 35.5 Å². The van der Waals surface area contributed by atoms with E-state index in [2.05, 4.69) is 0 Å². The van der Waals surface area contributed by atoms with Crippen molar-refractivity contribution < 1.29 is 21.4 Å². The van der Waals surface area contributed by atoms with E-state index in [0.717, 1.165) is 12.1 Å². The third-order valence-corrected chi connectivity index (χ3v) is 2.56. The molecule has 0 saturated heterocycles. The SMILES string of the molecule is O=S(Oc1ccccc1)Oc1cc(F)cc(F)c1. The van der Waals surface area contributed by atoms with Crippen molar-refractivity contribution in [2.75, 3.05) is 0 Å². The first-order chi connectivity index (χ1) is 8.63. The van der Waals surface area contributed by atoms with Gasteiger partial charge in [-0.1, -0.05) is 18.2 Å². The fraction of sp³-hybridized carbons (Fsp3) is 0. The van der Waals surface area contributed by atoms with Crippen LogP contribution in [0.3, 0.4) is 0 Å². The second kappa shape index (κ2) is 5.59. The van der Waals surface area contributed by atoms with Crippen molar-refractivity contribution in [2.45, 2.75) is 0 Å². The lowest BCUT2D eigenvalue weighted by atomic mass is 10.3. The van der Waals surface area contributed by atoms with Crippen LogP contribution >= 0.6 is 0 Å². The molecule has 94 valence electrons. The Morgan fingerprint density at radius 1 is 0.833 bits per heavy atom. The van der Waals surface area contributed by atoms with Crippen LogP contribution in [-0.4, -0.2) is 4.21 Å². The van der Waals surface area contributed by atoms with Crippen LogP contribution in [0.4, 0.5) is 8.78 Å². The van der Waals surface area contributed by atoms with E-state index in [4.69, 9.17) is 8.37 Å². The second-order valence-electron chi connectivity index (χ2n) is 3.29. The van der Waals surface area contributed by atoms with Crippen molar-refractivity contribution in [3.05, 3.63) is 60.2 Å². The van der Waals surface area contributed by atoms with Crippen LogP contribution in [0.5, 0.6) is 11.5 Å². The summed E-state index contributed by atoms with van der Waals surface area (Å²) in [6.07, 6.45) is 0. The minimum Gasteiger partial charge on any atom is -0.371 e. The molecular weight excluding hydrogens is 262 g/mol. The number of para-hydroxylation sites is 1. The van der Waals surface area contributed by atoms with Gasteiger partial charge >= 0.3 is 11.4 Å². The Kier molecular flexibility index (Phi) is 3.88. The zero-order chi connectivity index (χ0) is 13.0. The largest absolute Gasteiger partial charge is 0.417 e. The quantitative estimate of drug-likeness (QED) is 0.856. The number of benzene rings is 2. The lowest BCUT2D eigenvalue weighted by molar-refractivity contribution is 0.456. The average Bonchev–Trinajstić information content (AvgIpc) is 2.28. The van der Waals surface area contributed by atoms with Crippen LogP contribution in [-0.2, 0) is 11.4 Å². The molecule has 0 bridgehead atoms. The Labute approximate surface area is 105 Å². The predicted octanol–water partition coefficient (Wildman–Crippen LogP) is 3.00. The summed E-state index contributed by atoms with van der Waals surface area (Å²) in [5.41, 5.74) is 0. The molecule has 0 radical (unpaired) electrons. The van der Waals surface area contributed by atoms with Gasteiger partial charge in [0.25, 0.3) is 0 Å². The summed E-state index contributed by atoms with van der Waals surface area (Å²) in [5, 5.41) is 0. The standard InChI is InChI=1S/C12H8F2O3S/c13-9-6-10(14)8-12(7-9)17-18(15)16-11-4-2-1-3-5-11/h1-8H. The molecule has 0 fully saturated rings. The van der Waals surface area contributed by atoms with Crippen LogP contribution < -0.4 is 8.37 Å². The van der Waals surface area contributed by atoms with E-state index in [9.17, 15) is 13.0 Å². The predicted molar refractivity (Wildman–Crippen MR) is 62.2 cm³/mol. The minimum absolute atomic E-state index is 0.207. The molecule has 0 N–H and O–H groups in total. The molecule has 0 aromatic heterocycles. The van der Waals surface area contributed by atoms with Crippen molar-refractivity contribution in [2.24, 2.45) is 0 Å². The molecule has 2 aromatic carbocycles. The summed E-state index contributed by atoms with van der Waals surface area (Å²) in [5.74, 6) is -1.52. The van der Waals surface area contributed by atoms with Crippen molar-refractivity contribution in [3.8, 4) is 11.5 Å². The van der Waals surface area contributed by atoms with E-state index in [-0.39, 0.29) is 5.75 Å². The van der Waals surface area contributed by atoms with Gasteiger partial charge in [-0.2, -0.15) is 4.21 Å². The van der Waals surface area contributed by atoms with Gasteiger partial charge in [0, 0.05) is 18.2 Å². The molecule has 0 saturated carbocycles. The van der Waals surface area contributed by atoms with Crippen molar-refractivity contribution in [1.82, 2.24) is 0 Å². The summed E-state index contributed by atoms with van der Waals surface area (Å²) < 4.78 is 46.8. The Hall–Kier alpha value is -1.95. The first kappa shape index (κ1) is 12.5. The molecule has 1 atom stereocenters. The third-order valence-electron chi connectivity index (χ3n) is 1.91. The lowest BCUT2D eigenvalue weighted by Crippen LogP contribution is -2.08. The van der Waals surface area contributed by atoms with Gasteiger partial charge in [0.05, 0.1) is 0 Å². The van der Waals surface area contributed by atoms with Crippen LogP contribution in [0.1, 0.15) is 0 Å². The van der Waals surface area contributed by atoms with Gasteiger partial charge in [0.2, 0.25) is 0 Å². The van der Waals surface area contributed by atoms with Crippen LogP contribution in [0.2, 0.25) is 0 Å². The van der Waals surface area contributed by atoms with Gasteiger partial charge in [-0.3, -0.25) is 0 Å². The number of hydrogen-bond donors (Lipinski definition) is 0. The Morgan fingerprint density at radius 2 is 1.39 bits per heavy atom. The second-order valence-corrected chi connectivity index (χ2v) is 4.03. The zero-order valence-corrected chi connectivity index (χ0v) is 9.82. The molecule has 0 aliphatic carbocycles. The van der Waals surface area contributed by atoms with E-state index in [1.807, 2.05) is 0 Å². The molecule has 0 amide bonds. The highest BCUT2D eigenvalue weighted by Gasteiger charge is 2.08. The van der Waals surface area contributed by atoms with Crippen molar-refractivity contribution in [3.63, 3.8) is 0 Å². The Bertz CT molecular complexity index is 540. The highest BCUT2D eigenvalue weighted by Crippen LogP contribution is 2.18. The van der Waals surface area contributed by atoms with Crippen LogP contribution in [0, 0.1) is 11.6 Å². The maximum Gasteiger partial charge on any atom is 0.417 e. The van der Waals surface area contributed by atoms with Crippen LogP contribution in [0.15, 0.2) is 48.5 Å². The monoisotopic (exact) mass is 270 g/mol. The minimum atomic E-state index is -2.17. The number of rotatable bonds is 4. The van der Waals surface area contributed by atoms with E-state index in [1.165, 1.54) is 0 Å². The van der Waals surface area contributed by atoms with Gasteiger partial charge < -0.3 is 8.37 Å². The fourth-order valence-corrected chi connectivity index (χ4v) is 1.78. The fourth-order valence-electron chi connectivity index (χ4n) is 1.23. The summed E-state index contributed by atoms with van der Waals surface area (Å²) in [4.78, 5) is 0. The third kappa shape index (κ3) is 3.53. The van der Waals surface area contributed by atoms with Gasteiger partial charge in [-0.25, -0.2) is 8.78 Å². The highest BCUT2D eigenvalue weighted by atomic mass is 32.2. The molecule has 18 heavy (non-hydrogen) atoms. The molecule has 0 aliphatic rings. The molecule has 0 heterocycles. The van der Waals surface area contributed by atoms with Gasteiger partial charge in [0.15, 0.2) is 0 Å². The van der Waals surface area contributed by atoms with Gasteiger partial charge in [0.1, 0.15) is 23.1 Å². The molecule has 2 rings (SSSR count). The van der Waals surface area contributed by atoms with Crippen molar-refractivity contribution in [1.29, 1.82) is 0 Å². The van der Waals surface area contributed by atoms with Crippen molar-refractivity contribution >= 4 is 11.4 Å². The molecular formula is C12H8F2O3S. The van der Waals surface area contributed by atoms with E-state index < -0.39 is 23.0 Å². The molecule has 0 spiro atoms. The maximum atomic E-state index is 12.8. The Balaban J connectivity index is 2.03. The highest BCUT2D eigenvalue weighted by molar-refractivity contribution is 7.75. The number of hydrogen-bond acceptors (Lipinski definition) is 3. The lowest BCUT2D eigenvalue weighted by Gasteiger charge is -2.05. The van der Waals surface area contributed by atoms with Crippen LogP contribution in [0.25, 0.3) is 0 Å². The molecule has 6 heteroatoms. The summed E-state index contributed by atoms with van der Waals surface area (Å²) in [6.45, 7) is 0.